The van der Waals surface area contributed by atoms with Gasteiger partial charge in [-0.05, 0) is 67.8 Å². The molecule has 4 heteroatoms. The normalized spacial score (nSPS) is 17.5. The minimum absolute atomic E-state index is 0.0283. The third-order valence-corrected chi connectivity index (χ3v) is 3.88. The van der Waals surface area contributed by atoms with Gasteiger partial charge in [0.25, 0.3) is 5.91 Å². The lowest BCUT2D eigenvalue weighted by molar-refractivity contribution is 0.0975. The average molecular weight is 287 g/mol. The average Bonchev–Trinajstić information content (AvgIpc) is 2.47. The molecule has 1 heterocycles. The molecule has 2 aromatic rings. The van der Waals surface area contributed by atoms with Crippen molar-refractivity contribution in [2.75, 3.05) is 4.90 Å². The number of amides is 1. The monoisotopic (exact) mass is 287 g/mol. The Hall–Kier alpha value is -2.23. The zero-order valence-corrected chi connectivity index (χ0v) is 11.6. The van der Waals surface area contributed by atoms with Gasteiger partial charge >= 0.3 is 0 Å². The number of hydrogen-bond acceptors (Lipinski definition) is 1. The predicted octanol–water partition coefficient (Wildman–Crippen LogP) is 3.95. The SMILES string of the molecule is CC1CCc2cc(F)ccc2N1C(=O)c1ccc(F)cc1. The van der Waals surface area contributed by atoms with Crippen molar-refractivity contribution >= 4 is 11.6 Å². The number of halogens is 2. The molecular weight excluding hydrogens is 272 g/mol. The number of fused-ring (bicyclic) bond motifs is 1. The maximum Gasteiger partial charge on any atom is 0.258 e. The zero-order valence-electron chi connectivity index (χ0n) is 11.6. The van der Waals surface area contributed by atoms with E-state index < -0.39 is 0 Å². The largest absolute Gasteiger partial charge is 0.305 e. The maximum atomic E-state index is 13.3. The summed E-state index contributed by atoms with van der Waals surface area (Å²) in [5, 5.41) is 0. The van der Waals surface area contributed by atoms with Crippen molar-refractivity contribution in [3.05, 3.63) is 65.2 Å². The Morgan fingerprint density at radius 2 is 1.76 bits per heavy atom. The first kappa shape index (κ1) is 13.7. The lowest BCUT2D eigenvalue weighted by Crippen LogP contribution is -2.42. The zero-order chi connectivity index (χ0) is 15.0. The second-order valence-electron chi connectivity index (χ2n) is 5.34. The second kappa shape index (κ2) is 5.28. The van der Waals surface area contributed by atoms with E-state index in [2.05, 4.69) is 0 Å². The van der Waals surface area contributed by atoms with E-state index >= 15 is 0 Å². The predicted molar refractivity (Wildman–Crippen MR) is 77.4 cm³/mol. The van der Waals surface area contributed by atoms with Crippen LogP contribution in [0.1, 0.15) is 29.3 Å². The molecule has 1 unspecified atom stereocenters. The molecule has 3 rings (SSSR count). The van der Waals surface area contributed by atoms with E-state index in [0.717, 1.165) is 24.1 Å². The van der Waals surface area contributed by atoms with Crippen LogP contribution in [0.3, 0.4) is 0 Å². The molecule has 1 atom stereocenters. The van der Waals surface area contributed by atoms with Crippen LogP contribution in [0.25, 0.3) is 0 Å². The van der Waals surface area contributed by atoms with Crippen LogP contribution >= 0.6 is 0 Å². The Morgan fingerprint density at radius 1 is 1.10 bits per heavy atom. The summed E-state index contributed by atoms with van der Waals surface area (Å²) in [6, 6.07) is 10.0. The summed E-state index contributed by atoms with van der Waals surface area (Å²) in [4.78, 5) is 14.4. The first-order valence-electron chi connectivity index (χ1n) is 6.94. The van der Waals surface area contributed by atoms with Crippen LogP contribution in [-0.2, 0) is 6.42 Å². The summed E-state index contributed by atoms with van der Waals surface area (Å²) in [5.41, 5.74) is 2.01. The summed E-state index contributed by atoms with van der Waals surface area (Å²) in [6.45, 7) is 1.97. The summed E-state index contributed by atoms with van der Waals surface area (Å²) in [5.74, 6) is -0.853. The molecule has 21 heavy (non-hydrogen) atoms. The second-order valence-corrected chi connectivity index (χ2v) is 5.34. The molecule has 1 aliphatic rings. The molecule has 0 saturated carbocycles. The fourth-order valence-electron chi connectivity index (χ4n) is 2.76. The Labute approximate surface area is 122 Å². The minimum atomic E-state index is -0.374. The van der Waals surface area contributed by atoms with Gasteiger partial charge in [-0.1, -0.05) is 0 Å². The van der Waals surface area contributed by atoms with Gasteiger partial charge in [0.1, 0.15) is 11.6 Å². The lowest BCUT2D eigenvalue weighted by atomic mass is 9.95. The number of carbonyl (C=O) groups excluding carboxylic acids is 1. The number of aryl methyl sites for hydroxylation is 1. The number of nitrogens with zero attached hydrogens (tertiary/aromatic N) is 1. The lowest BCUT2D eigenvalue weighted by Gasteiger charge is -2.35. The summed E-state index contributed by atoms with van der Waals surface area (Å²) >= 11 is 0. The van der Waals surface area contributed by atoms with Crippen LogP contribution < -0.4 is 4.90 Å². The van der Waals surface area contributed by atoms with Gasteiger partial charge in [0.2, 0.25) is 0 Å². The molecule has 0 fully saturated rings. The van der Waals surface area contributed by atoms with E-state index in [1.54, 1.807) is 11.0 Å². The topological polar surface area (TPSA) is 20.3 Å². The van der Waals surface area contributed by atoms with Crippen LogP contribution in [0.5, 0.6) is 0 Å². The van der Waals surface area contributed by atoms with Crippen LogP contribution in [0, 0.1) is 11.6 Å². The summed E-state index contributed by atoms with van der Waals surface area (Å²) < 4.78 is 26.3. The molecule has 1 amide bonds. The van der Waals surface area contributed by atoms with Gasteiger partial charge in [-0.25, -0.2) is 8.78 Å². The van der Waals surface area contributed by atoms with Crippen LogP contribution in [0.15, 0.2) is 42.5 Å². The van der Waals surface area contributed by atoms with Crippen LogP contribution in [0.2, 0.25) is 0 Å². The number of benzene rings is 2. The quantitative estimate of drug-likeness (QED) is 0.777. The standard InChI is InChI=1S/C17H15F2NO/c1-11-2-3-13-10-15(19)8-9-16(13)20(11)17(21)12-4-6-14(18)7-5-12/h4-11H,2-3H2,1H3. The fraction of sp³-hybridized carbons (Fsp3) is 0.235. The third-order valence-electron chi connectivity index (χ3n) is 3.88. The molecule has 0 saturated heterocycles. The van der Waals surface area contributed by atoms with E-state index in [1.807, 2.05) is 6.92 Å². The van der Waals surface area contributed by atoms with Gasteiger partial charge in [-0.2, -0.15) is 0 Å². The van der Waals surface area contributed by atoms with Crippen LogP contribution in [-0.4, -0.2) is 11.9 Å². The molecule has 0 N–H and O–H groups in total. The number of anilines is 1. The molecule has 0 bridgehead atoms. The Kier molecular flexibility index (Phi) is 3.45. The highest BCUT2D eigenvalue weighted by molar-refractivity contribution is 6.07. The van der Waals surface area contributed by atoms with Crippen LogP contribution in [0.4, 0.5) is 14.5 Å². The Morgan fingerprint density at radius 3 is 2.48 bits per heavy atom. The number of rotatable bonds is 1. The van der Waals surface area contributed by atoms with Crippen molar-refractivity contribution in [1.29, 1.82) is 0 Å². The highest BCUT2D eigenvalue weighted by Crippen LogP contribution is 2.32. The van der Waals surface area contributed by atoms with Gasteiger partial charge in [0.05, 0.1) is 0 Å². The van der Waals surface area contributed by atoms with Gasteiger partial charge in [-0.3, -0.25) is 4.79 Å². The van der Waals surface area contributed by atoms with E-state index in [4.69, 9.17) is 0 Å². The van der Waals surface area contributed by atoms with Gasteiger partial charge in [-0.15, -0.1) is 0 Å². The summed E-state index contributed by atoms with van der Waals surface area (Å²) in [7, 11) is 0. The first-order chi connectivity index (χ1) is 10.1. The molecular formula is C17H15F2NO. The number of hydrogen-bond donors (Lipinski definition) is 0. The highest BCUT2D eigenvalue weighted by Gasteiger charge is 2.29. The Bertz CT molecular complexity index is 682. The highest BCUT2D eigenvalue weighted by atomic mass is 19.1. The van der Waals surface area contributed by atoms with E-state index in [-0.39, 0.29) is 23.6 Å². The fourth-order valence-corrected chi connectivity index (χ4v) is 2.76. The van der Waals surface area contributed by atoms with E-state index in [0.29, 0.717) is 5.56 Å². The summed E-state index contributed by atoms with van der Waals surface area (Å²) in [6.07, 6.45) is 1.53. The maximum absolute atomic E-state index is 13.3. The molecule has 2 nitrogen and oxygen atoms in total. The van der Waals surface area contributed by atoms with E-state index in [9.17, 15) is 13.6 Å². The van der Waals surface area contributed by atoms with E-state index in [1.165, 1.54) is 36.4 Å². The van der Waals surface area contributed by atoms with Crippen molar-refractivity contribution in [3.63, 3.8) is 0 Å². The minimum Gasteiger partial charge on any atom is -0.305 e. The molecule has 0 spiro atoms. The first-order valence-corrected chi connectivity index (χ1v) is 6.94. The molecule has 0 radical (unpaired) electrons. The van der Waals surface area contributed by atoms with Gasteiger partial charge in [0.15, 0.2) is 0 Å². The van der Waals surface area contributed by atoms with Gasteiger partial charge in [0, 0.05) is 17.3 Å². The smallest absolute Gasteiger partial charge is 0.258 e. The molecule has 0 aliphatic carbocycles. The molecule has 1 aliphatic heterocycles. The Balaban J connectivity index is 2.01. The molecule has 108 valence electrons. The van der Waals surface area contributed by atoms with Gasteiger partial charge < -0.3 is 4.90 Å². The van der Waals surface area contributed by atoms with Crippen molar-refractivity contribution in [2.45, 2.75) is 25.8 Å². The van der Waals surface area contributed by atoms with Crippen molar-refractivity contribution in [1.82, 2.24) is 0 Å². The van der Waals surface area contributed by atoms with Crippen molar-refractivity contribution in [2.24, 2.45) is 0 Å². The molecule has 0 aromatic heterocycles. The van der Waals surface area contributed by atoms with Crippen molar-refractivity contribution < 1.29 is 13.6 Å². The third kappa shape index (κ3) is 2.53. The molecule has 2 aromatic carbocycles. The number of carbonyl (C=O) groups is 1. The van der Waals surface area contributed by atoms with Crippen molar-refractivity contribution in [3.8, 4) is 0 Å².